The first kappa shape index (κ1) is 14.3. The first-order valence-corrected chi connectivity index (χ1v) is 6.88. The van der Waals surface area contributed by atoms with E-state index in [9.17, 15) is 4.39 Å². The number of alkyl halides is 1. The van der Waals surface area contributed by atoms with Crippen molar-refractivity contribution in [2.75, 3.05) is 0 Å². The van der Waals surface area contributed by atoms with Crippen molar-refractivity contribution < 1.29 is 4.39 Å². The fourth-order valence-corrected chi connectivity index (χ4v) is 2.14. The van der Waals surface area contributed by atoms with E-state index in [0.717, 1.165) is 11.1 Å². The van der Waals surface area contributed by atoms with Crippen LogP contribution in [0.2, 0.25) is 5.02 Å². The van der Waals surface area contributed by atoms with E-state index in [1.807, 2.05) is 24.3 Å². The Balaban J connectivity index is 1.90. The minimum absolute atomic E-state index is 0.241. The fourth-order valence-electron chi connectivity index (χ4n) is 1.77. The maximum Gasteiger partial charge on any atom is 0.127 e. The van der Waals surface area contributed by atoms with Crippen molar-refractivity contribution in [2.45, 2.75) is 19.0 Å². The molecule has 1 nitrogen and oxygen atoms in total. The molecule has 0 spiro atoms. The van der Waals surface area contributed by atoms with Crippen LogP contribution in [0.1, 0.15) is 16.7 Å². The summed E-state index contributed by atoms with van der Waals surface area (Å²) in [5.41, 5.74) is 2.80. The molecule has 0 aliphatic heterocycles. The largest absolute Gasteiger partial charge is 0.309 e. The lowest BCUT2D eigenvalue weighted by atomic mass is 10.1. The molecule has 0 saturated heterocycles. The van der Waals surface area contributed by atoms with Crippen LogP contribution in [0.4, 0.5) is 4.39 Å². The lowest BCUT2D eigenvalue weighted by molar-refractivity contribution is 0.588. The third-order valence-electron chi connectivity index (χ3n) is 2.83. The predicted molar refractivity (Wildman–Crippen MR) is 78.0 cm³/mol. The second-order valence-corrected chi connectivity index (χ2v) is 4.99. The number of hydrogen-bond donors (Lipinski definition) is 1. The molecule has 0 fully saturated rings. The van der Waals surface area contributed by atoms with Gasteiger partial charge in [-0.05, 0) is 29.3 Å². The highest BCUT2D eigenvalue weighted by atomic mass is 35.5. The summed E-state index contributed by atoms with van der Waals surface area (Å²) in [6.45, 7) is 1.12. The highest BCUT2D eigenvalue weighted by molar-refractivity contribution is 6.30. The van der Waals surface area contributed by atoms with Crippen LogP contribution in [0.15, 0.2) is 42.5 Å². The topological polar surface area (TPSA) is 12.0 Å². The predicted octanol–water partition coefficient (Wildman–Crippen LogP) is 4.51. The quantitative estimate of drug-likeness (QED) is 0.801. The molecule has 0 amide bonds. The van der Waals surface area contributed by atoms with E-state index < -0.39 is 0 Å². The molecule has 2 aromatic carbocycles. The summed E-state index contributed by atoms with van der Waals surface area (Å²) < 4.78 is 13.5. The van der Waals surface area contributed by atoms with Crippen LogP contribution in [0.5, 0.6) is 0 Å². The van der Waals surface area contributed by atoms with Gasteiger partial charge in [0.2, 0.25) is 0 Å². The van der Waals surface area contributed by atoms with Crippen molar-refractivity contribution in [1.82, 2.24) is 5.32 Å². The SMILES string of the molecule is Fc1ccc(Cl)cc1CNCc1ccc(CCl)cc1. The Bertz CT molecular complexity index is 540. The van der Waals surface area contributed by atoms with Gasteiger partial charge in [0, 0.05) is 29.6 Å². The van der Waals surface area contributed by atoms with Crippen LogP contribution >= 0.6 is 23.2 Å². The van der Waals surface area contributed by atoms with Gasteiger partial charge in [-0.3, -0.25) is 0 Å². The van der Waals surface area contributed by atoms with Gasteiger partial charge in [0.1, 0.15) is 5.82 Å². The third kappa shape index (κ3) is 4.20. The molecular formula is C15H14Cl2FN. The Morgan fingerprint density at radius 3 is 2.32 bits per heavy atom. The molecule has 0 bridgehead atoms. The zero-order valence-electron chi connectivity index (χ0n) is 10.3. The molecule has 0 aliphatic carbocycles. The number of halogens is 3. The van der Waals surface area contributed by atoms with Gasteiger partial charge in [-0.2, -0.15) is 0 Å². The molecule has 0 aromatic heterocycles. The molecule has 0 heterocycles. The van der Waals surface area contributed by atoms with Crippen LogP contribution in [0.25, 0.3) is 0 Å². The van der Waals surface area contributed by atoms with Gasteiger partial charge in [-0.15, -0.1) is 11.6 Å². The smallest absolute Gasteiger partial charge is 0.127 e. The van der Waals surface area contributed by atoms with Crippen molar-refractivity contribution in [2.24, 2.45) is 0 Å². The first-order chi connectivity index (χ1) is 9.19. The molecule has 2 aromatic rings. The maximum absolute atomic E-state index is 13.5. The van der Waals surface area contributed by atoms with Crippen LogP contribution in [-0.2, 0) is 19.0 Å². The summed E-state index contributed by atoms with van der Waals surface area (Å²) in [6.07, 6.45) is 0. The van der Waals surface area contributed by atoms with Gasteiger partial charge >= 0.3 is 0 Å². The number of rotatable bonds is 5. The second kappa shape index (κ2) is 6.90. The minimum atomic E-state index is -0.241. The number of hydrogen-bond acceptors (Lipinski definition) is 1. The van der Waals surface area contributed by atoms with Gasteiger partial charge in [0.05, 0.1) is 0 Å². The Morgan fingerprint density at radius 2 is 1.63 bits per heavy atom. The molecule has 0 saturated carbocycles. The van der Waals surface area contributed by atoms with E-state index in [0.29, 0.717) is 29.6 Å². The molecule has 1 N–H and O–H groups in total. The zero-order chi connectivity index (χ0) is 13.7. The Kier molecular flexibility index (Phi) is 5.20. The molecular weight excluding hydrogens is 284 g/mol. The monoisotopic (exact) mass is 297 g/mol. The van der Waals surface area contributed by atoms with Crippen molar-refractivity contribution >= 4 is 23.2 Å². The molecule has 100 valence electrons. The molecule has 0 radical (unpaired) electrons. The van der Waals surface area contributed by atoms with E-state index in [1.165, 1.54) is 6.07 Å². The second-order valence-electron chi connectivity index (χ2n) is 4.29. The van der Waals surface area contributed by atoms with Crippen molar-refractivity contribution in [3.8, 4) is 0 Å². The highest BCUT2D eigenvalue weighted by Crippen LogP contribution is 2.15. The van der Waals surface area contributed by atoms with Crippen LogP contribution in [0, 0.1) is 5.82 Å². The molecule has 0 aliphatic rings. The van der Waals surface area contributed by atoms with Crippen LogP contribution < -0.4 is 5.32 Å². The molecule has 0 atom stereocenters. The summed E-state index contributed by atoms with van der Waals surface area (Å²) in [4.78, 5) is 0. The molecule has 0 unspecified atom stereocenters. The third-order valence-corrected chi connectivity index (χ3v) is 3.37. The molecule has 2 rings (SSSR count). The van der Waals surface area contributed by atoms with E-state index in [1.54, 1.807) is 12.1 Å². The molecule has 4 heteroatoms. The maximum atomic E-state index is 13.5. The summed E-state index contributed by atoms with van der Waals surface area (Å²) in [7, 11) is 0. The first-order valence-electron chi connectivity index (χ1n) is 5.97. The van der Waals surface area contributed by atoms with Crippen molar-refractivity contribution in [3.05, 3.63) is 70.0 Å². The standard InChI is InChI=1S/C15H14Cl2FN/c16-8-11-1-3-12(4-2-11)9-19-10-13-7-14(17)5-6-15(13)18/h1-7,19H,8-10H2. The lowest BCUT2D eigenvalue weighted by Gasteiger charge is -2.07. The van der Waals surface area contributed by atoms with E-state index in [4.69, 9.17) is 23.2 Å². The number of nitrogens with one attached hydrogen (secondary N) is 1. The van der Waals surface area contributed by atoms with Gasteiger partial charge in [-0.25, -0.2) is 4.39 Å². The van der Waals surface area contributed by atoms with Crippen molar-refractivity contribution in [1.29, 1.82) is 0 Å². The van der Waals surface area contributed by atoms with Gasteiger partial charge in [0.15, 0.2) is 0 Å². The average Bonchev–Trinajstić information content (AvgIpc) is 2.43. The zero-order valence-corrected chi connectivity index (χ0v) is 11.8. The summed E-state index contributed by atoms with van der Waals surface area (Å²) in [5.74, 6) is 0.274. The Hall–Kier alpha value is -1.09. The van der Waals surface area contributed by atoms with E-state index in [-0.39, 0.29) is 5.82 Å². The minimum Gasteiger partial charge on any atom is -0.309 e. The number of benzene rings is 2. The fraction of sp³-hybridized carbons (Fsp3) is 0.200. The molecule has 19 heavy (non-hydrogen) atoms. The van der Waals surface area contributed by atoms with Crippen LogP contribution in [0.3, 0.4) is 0 Å². The highest BCUT2D eigenvalue weighted by Gasteiger charge is 2.02. The van der Waals surface area contributed by atoms with Crippen molar-refractivity contribution in [3.63, 3.8) is 0 Å². The Morgan fingerprint density at radius 1 is 0.947 bits per heavy atom. The average molecular weight is 298 g/mol. The van der Waals surface area contributed by atoms with E-state index >= 15 is 0 Å². The Labute approximate surface area is 122 Å². The lowest BCUT2D eigenvalue weighted by Crippen LogP contribution is -2.13. The van der Waals surface area contributed by atoms with E-state index in [2.05, 4.69) is 5.32 Å². The summed E-state index contributed by atoms with van der Waals surface area (Å²) >= 11 is 11.6. The summed E-state index contributed by atoms with van der Waals surface area (Å²) in [6, 6.07) is 12.6. The summed E-state index contributed by atoms with van der Waals surface area (Å²) in [5, 5.41) is 3.74. The van der Waals surface area contributed by atoms with Crippen LogP contribution in [-0.4, -0.2) is 0 Å². The normalized spacial score (nSPS) is 10.7. The van der Waals surface area contributed by atoms with Gasteiger partial charge in [0.25, 0.3) is 0 Å². The van der Waals surface area contributed by atoms with Gasteiger partial charge in [-0.1, -0.05) is 35.9 Å². The van der Waals surface area contributed by atoms with Gasteiger partial charge < -0.3 is 5.32 Å².